The lowest BCUT2D eigenvalue weighted by Crippen LogP contribution is -2.17. The molecule has 0 aliphatic heterocycles. The van der Waals surface area contributed by atoms with Crippen LogP contribution in [-0.2, 0) is 0 Å². The Balaban J connectivity index is 2.67. The predicted octanol–water partition coefficient (Wildman–Crippen LogP) is 4.26. The number of thioether (sulfide) groups is 1. The van der Waals surface area contributed by atoms with Gasteiger partial charge in [-0.15, -0.1) is 0 Å². The van der Waals surface area contributed by atoms with Crippen LogP contribution < -0.4 is 10.6 Å². The van der Waals surface area contributed by atoms with Crippen LogP contribution in [-0.4, -0.2) is 28.8 Å². The smallest absolute Gasteiger partial charge is 0.191 e. The molecule has 0 saturated heterocycles. The minimum atomic E-state index is 0.432. The minimum absolute atomic E-state index is 0.432. The van der Waals surface area contributed by atoms with Gasteiger partial charge in [-0.1, -0.05) is 32.5 Å². The summed E-state index contributed by atoms with van der Waals surface area (Å²) < 4.78 is 0. The summed E-state index contributed by atoms with van der Waals surface area (Å²) in [5.41, 5.74) is 0. The van der Waals surface area contributed by atoms with Gasteiger partial charge in [0.05, 0.1) is 0 Å². The van der Waals surface area contributed by atoms with Gasteiger partial charge in [0.15, 0.2) is 5.16 Å². The van der Waals surface area contributed by atoms with Gasteiger partial charge in [-0.2, -0.15) is 0 Å². The molecule has 0 spiro atoms. The van der Waals surface area contributed by atoms with Crippen LogP contribution in [0.5, 0.6) is 0 Å². The first-order chi connectivity index (χ1) is 9.55. The molecule has 114 valence electrons. The summed E-state index contributed by atoms with van der Waals surface area (Å²) in [6, 6.07) is 2.43. The third-order valence-electron chi connectivity index (χ3n) is 3.02. The SMILES string of the molecule is CCCNc1cc(NC(C)CCC(C)C)nc(SC)n1. The van der Waals surface area contributed by atoms with Gasteiger partial charge >= 0.3 is 0 Å². The average Bonchev–Trinajstić information content (AvgIpc) is 2.42. The van der Waals surface area contributed by atoms with Crippen molar-refractivity contribution in [2.24, 2.45) is 5.92 Å². The van der Waals surface area contributed by atoms with Crippen LogP contribution in [0.15, 0.2) is 11.2 Å². The molecule has 0 amide bonds. The summed E-state index contributed by atoms with van der Waals surface area (Å²) in [7, 11) is 0. The summed E-state index contributed by atoms with van der Waals surface area (Å²) in [5, 5.41) is 7.62. The van der Waals surface area contributed by atoms with E-state index in [0.717, 1.165) is 42.1 Å². The Morgan fingerprint density at radius 2 is 1.85 bits per heavy atom. The van der Waals surface area contributed by atoms with E-state index in [9.17, 15) is 0 Å². The van der Waals surface area contributed by atoms with Crippen molar-refractivity contribution in [3.8, 4) is 0 Å². The molecule has 1 atom stereocenters. The highest BCUT2D eigenvalue weighted by Gasteiger charge is 2.08. The van der Waals surface area contributed by atoms with Gasteiger partial charge < -0.3 is 10.6 Å². The van der Waals surface area contributed by atoms with Crippen molar-refractivity contribution >= 4 is 23.4 Å². The van der Waals surface area contributed by atoms with Crippen LogP contribution >= 0.6 is 11.8 Å². The van der Waals surface area contributed by atoms with Gasteiger partial charge in [-0.25, -0.2) is 9.97 Å². The Hall–Kier alpha value is -0.970. The zero-order valence-corrected chi connectivity index (χ0v) is 14.2. The topological polar surface area (TPSA) is 49.8 Å². The van der Waals surface area contributed by atoms with E-state index in [-0.39, 0.29) is 0 Å². The lowest BCUT2D eigenvalue weighted by Gasteiger charge is -2.17. The largest absolute Gasteiger partial charge is 0.370 e. The molecule has 1 rings (SSSR count). The molecule has 1 unspecified atom stereocenters. The number of anilines is 2. The molecule has 1 heterocycles. The molecular formula is C15H28N4S. The summed E-state index contributed by atoms with van der Waals surface area (Å²) in [6.45, 7) is 9.82. The maximum atomic E-state index is 4.53. The van der Waals surface area contributed by atoms with Gasteiger partial charge in [0, 0.05) is 18.7 Å². The molecule has 5 heteroatoms. The third-order valence-corrected chi connectivity index (χ3v) is 3.56. The summed E-state index contributed by atoms with van der Waals surface area (Å²) in [4.78, 5) is 9.00. The highest BCUT2D eigenvalue weighted by atomic mass is 32.2. The van der Waals surface area contributed by atoms with E-state index >= 15 is 0 Å². The first-order valence-electron chi connectivity index (χ1n) is 7.48. The van der Waals surface area contributed by atoms with Crippen molar-refractivity contribution in [2.75, 3.05) is 23.4 Å². The lowest BCUT2D eigenvalue weighted by molar-refractivity contribution is 0.527. The van der Waals surface area contributed by atoms with Crippen molar-refractivity contribution < 1.29 is 0 Å². The second kappa shape index (κ2) is 9.06. The molecule has 20 heavy (non-hydrogen) atoms. The Kier molecular flexibility index (Phi) is 7.73. The van der Waals surface area contributed by atoms with E-state index in [4.69, 9.17) is 0 Å². The zero-order chi connectivity index (χ0) is 15.0. The maximum absolute atomic E-state index is 4.53. The molecule has 0 radical (unpaired) electrons. The standard InChI is InChI=1S/C15H28N4S/c1-6-9-16-13-10-14(19-15(18-13)20-5)17-12(4)8-7-11(2)3/h10-12H,6-9H2,1-5H3,(H2,16,17,18,19). The fourth-order valence-corrected chi connectivity index (χ4v) is 2.22. The Morgan fingerprint density at radius 3 is 2.45 bits per heavy atom. The van der Waals surface area contributed by atoms with Gasteiger partial charge in [-0.05, 0) is 38.4 Å². The third kappa shape index (κ3) is 6.46. The van der Waals surface area contributed by atoms with E-state index in [0.29, 0.717) is 6.04 Å². The molecule has 1 aromatic heterocycles. The number of hydrogen-bond acceptors (Lipinski definition) is 5. The van der Waals surface area contributed by atoms with E-state index in [2.05, 4.69) is 48.3 Å². The monoisotopic (exact) mass is 296 g/mol. The van der Waals surface area contributed by atoms with Crippen LogP contribution in [0.1, 0.15) is 47.0 Å². The fraction of sp³-hybridized carbons (Fsp3) is 0.733. The van der Waals surface area contributed by atoms with Crippen molar-refractivity contribution in [1.82, 2.24) is 9.97 Å². The number of hydrogen-bond donors (Lipinski definition) is 2. The molecule has 0 saturated carbocycles. The van der Waals surface area contributed by atoms with E-state index in [1.54, 1.807) is 11.8 Å². The molecule has 4 nitrogen and oxygen atoms in total. The van der Waals surface area contributed by atoms with E-state index in [1.165, 1.54) is 6.42 Å². The normalized spacial score (nSPS) is 12.5. The second-order valence-electron chi connectivity index (χ2n) is 5.57. The van der Waals surface area contributed by atoms with E-state index < -0.39 is 0 Å². The highest BCUT2D eigenvalue weighted by Crippen LogP contribution is 2.19. The van der Waals surface area contributed by atoms with Crippen LogP contribution in [0.4, 0.5) is 11.6 Å². The van der Waals surface area contributed by atoms with Crippen molar-refractivity contribution in [3.63, 3.8) is 0 Å². The molecule has 0 aliphatic carbocycles. The molecule has 2 N–H and O–H groups in total. The highest BCUT2D eigenvalue weighted by molar-refractivity contribution is 7.98. The summed E-state index contributed by atoms with van der Waals surface area (Å²) in [6.07, 6.45) is 5.49. The van der Waals surface area contributed by atoms with Gasteiger partial charge in [-0.3, -0.25) is 0 Å². The molecule has 0 aromatic carbocycles. The van der Waals surface area contributed by atoms with Crippen LogP contribution in [0.25, 0.3) is 0 Å². The maximum Gasteiger partial charge on any atom is 0.191 e. The van der Waals surface area contributed by atoms with Gasteiger partial charge in [0.2, 0.25) is 0 Å². The second-order valence-corrected chi connectivity index (χ2v) is 6.34. The quantitative estimate of drug-likeness (QED) is 0.527. The first-order valence-corrected chi connectivity index (χ1v) is 8.71. The predicted molar refractivity (Wildman–Crippen MR) is 89.8 cm³/mol. The van der Waals surface area contributed by atoms with E-state index in [1.807, 2.05) is 12.3 Å². The van der Waals surface area contributed by atoms with Crippen molar-refractivity contribution in [3.05, 3.63) is 6.07 Å². The minimum Gasteiger partial charge on any atom is -0.370 e. The van der Waals surface area contributed by atoms with Gasteiger partial charge in [0.25, 0.3) is 0 Å². The Labute approximate surface area is 127 Å². The molecule has 0 bridgehead atoms. The summed E-state index contributed by atoms with van der Waals surface area (Å²) in [5.74, 6) is 2.57. The van der Waals surface area contributed by atoms with Crippen LogP contribution in [0.2, 0.25) is 0 Å². The van der Waals surface area contributed by atoms with Gasteiger partial charge in [0.1, 0.15) is 11.6 Å². The molecule has 0 fully saturated rings. The van der Waals surface area contributed by atoms with Crippen LogP contribution in [0, 0.1) is 5.92 Å². The molecule has 0 aliphatic rings. The summed E-state index contributed by atoms with van der Waals surface area (Å²) >= 11 is 1.57. The first kappa shape index (κ1) is 17.1. The molecular weight excluding hydrogens is 268 g/mol. The number of nitrogens with one attached hydrogen (secondary N) is 2. The number of aromatic nitrogens is 2. The Bertz CT molecular complexity index is 395. The lowest BCUT2D eigenvalue weighted by atomic mass is 10.0. The fourth-order valence-electron chi connectivity index (χ4n) is 1.84. The van der Waals surface area contributed by atoms with Crippen LogP contribution in [0.3, 0.4) is 0 Å². The number of nitrogens with zero attached hydrogens (tertiary/aromatic N) is 2. The average molecular weight is 296 g/mol. The van der Waals surface area contributed by atoms with Crippen molar-refractivity contribution in [1.29, 1.82) is 0 Å². The van der Waals surface area contributed by atoms with Crippen molar-refractivity contribution in [2.45, 2.75) is 58.2 Å². The Morgan fingerprint density at radius 1 is 1.15 bits per heavy atom. The number of rotatable bonds is 9. The molecule has 1 aromatic rings. The zero-order valence-electron chi connectivity index (χ0n) is 13.4.